The molecule has 0 bridgehead atoms. The molecule has 2 aliphatic heterocycles. The molecule has 14 atom stereocenters. The summed E-state index contributed by atoms with van der Waals surface area (Å²) < 4.78 is 21.4. The van der Waals surface area contributed by atoms with Crippen molar-refractivity contribution in [3.05, 3.63) is 0 Å². The molecule has 0 aromatic heterocycles. The van der Waals surface area contributed by atoms with Gasteiger partial charge in [0, 0.05) is 0 Å². The van der Waals surface area contributed by atoms with Gasteiger partial charge in [0.05, 0.1) is 26.4 Å². The van der Waals surface area contributed by atoms with Crippen LogP contribution in [0.1, 0.15) is 0 Å². The molecule has 0 spiro atoms. The molecule has 0 amide bonds. The van der Waals surface area contributed by atoms with Gasteiger partial charge in [-0.2, -0.15) is 0 Å². The Bertz CT molecular complexity index is 596. The van der Waals surface area contributed by atoms with Gasteiger partial charge in [-0.1, -0.05) is 0 Å². The maximum Gasteiger partial charge on any atom is 0.187 e. The van der Waals surface area contributed by atoms with Crippen LogP contribution in [0.2, 0.25) is 0 Å². The van der Waals surface area contributed by atoms with E-state index in [0.29, 0.717) is 0 Å². The minimum atomic E-state index is -2.00. The van der Waals surface area contributed by atoms with Crippen LogP contribution in [-0.2, 0) is 18.9 Å². The van der Waals surface area contributed by atoms with Gasteiger partial charge in [-0.25, -0.2) is 0 Å². The summed E-state index contributed by atoms with van der Waals surface area (Å²) in [5.74, 6) is 0. The first-order valence-electron chi connectivity index (χ1n) is 10.5. The Balaban J connectivity index is 2.32. The van der Waals surface area contributed by atoms with Gasteiger partial charge in [-0.15, -0.1) is 0 Å². The van der Waals surface area contributed by atoms with Gasteiger partial charge in [0.15, 0.2) is 12.6 Å². The standard InChI is InChI=1S/C18H34O16/c19-1-5(23)9(25)15(6(24)2-20)33-18-16(13(29)11(27)8(4-22)32-18)34-17-14(30)12(28)10(26)7(3-21)31-17/h5-30H,1-4H2. The third-order valence-corrected chi connectivity index (χ3v) is 5.74. The van der Waals surface area contributed by atoms with Crippen molar-refractivity contribution in [1.29, 1.82) is 0 Å². The predicted octanol–water partition coefficient (Wildman–Crippen LogP) is -7.94. The Morgan fingerprint density at radius 1 is 0.618 bits per heavy atom. The van der Waals surface area contributed by atoms with Crippen molar-refractivity contribution < 1.29 is 80.2 Å². The minimum Gasteiger partial charge on any atom is -0.394 e. The van der Waals surface area contributed by atoms with E-state index in [1.165, 1.54) is 0 Å². The van der Waals surface area contributed by atoms with E-state index in [1.54, 1.807) is 0 Å². The van der Waals surface area contributed by atoms with Crippen molar-refractivity contribution in [2.24, 2.45) is 0 Å². The molecule has 2 rings (SSSR count). The molecule has 2 aliphatic rings. The molecular formula is C18H34O16. The lowest BCUT2D eigenvalue weighted by Gasteiger charge is -2.47. The zero-order chi connectivity index (χ0) is 25.7. The molecule has 12 N–H and O–H groups in total. The molecule has 0 aromatic rings. The maximum absolute atomic E-state index is 10.6. The summed E-state index contributed by atoms with van der Waals surface area (Å²) in [6.07, 6.45) is -25.1. The fourth-order valence-corrected chi connectivity index (χ4v) is 3.63. The quantitative estimate of drug-likeness (QED) is 0.124. The van der Waals surface area contributed by atoms with Crippen LogP contribution in [0.25, 0.3) is 0 Å². The van der Waals surface area contributed by atoms with Crippen molar-refractivity contribution in [3.8, 4) is 0 Å². The van der Waals surface area contributed by atoms with Crippen LogP contribution in [0.5, 0.6) is 0 Å². The van der Waals surface area contributed by atoms with Crippen LogP contribution in [0, 0.1) is 0 Å². The van der Waals surface area contributed by atoms with Gasteiger partial charge < -0.3 is 80.2 Å². The summed E-state index contributed by atoms with van der Waals surface area (Å²) in [4.78, 5) is 0. The lowest BCUT2D eigenvalue weighted by molar-refractivity contribution is -0.377. The second-order valence-corrected chi connectivity index (χ2v) is 8.10. The lowest BCUT2D eigenvalue weighted by atomic mass is 9.97. The number of ether oxygens (including phenoxy) is 4. The van der Waals surface area contributed by atoms with Crippen molar-refractivity contribution in [1.82, 2.24) is 0 Å². The summed E-state index contributed by atoms with van der Waals surface area (Å²) in [6, 6.07) is 0. The van der Waals surface area contributed by atoms with Gasteiger partial charge in [0.1, 0.15) is 73.2 Å². The predicted molar refractivity (Wildman–Crippen MR) is 103 cm³/mol. The Hall–Kier alpha value is -0.640. The van der Waals surface area contributed by atoms with E-state index >= 15 is 0 Å². The van der Waals surface area contributed by atoms with Gasteiger partial charge in [-0.3, -0.25) is 0 Å². The molecular weight excluding hydrogens is 472 g/mol. The van der Waals surface area contributed by atoms with Crippen LogP contribution >= 0.6 is 0 Å². The lowest BCUT2D eigenvalue weighted by Crippen LogP contribution is -2.65. The second-order valence-electron chi connectivity index (χ2n) is 8.10. The first-order valence-corrected chi connectivity index (χ1v) is 10.5. The fraction of sp³-hybridized carbons (Fsp3) is 1.00. The third-order valence-electron chi connectivity index (χ3n) is 5.74. The van der Waals surface area contributed by atoms with E-state index in [0.717, 1.165) is 0 Å². The van der Waals surface area contributed by atoms with Gasteiger partial charge >= 0.3 is 0 Å². The van der Waals surface area contributed by atoms with Crippen molar-refractivity contribution >= 4 is 0 Å². The van der Waals surface area contributed by atoms with Crippen LogP contribution in [0.15, 0.2) is 0 Å². The molecule has 0 aliphatic carbocycles. The van der Waals surface area contributed by atoms with E-state index in [1.807, 2.05) is 0 Å². The second kappa shape index (κ2) is 13.1. The topological polar surface area (TPSA) is 280 Å². The SMILES string of the molecule is OCC(O)C(O)C(OC1OC(CO)C(O)C(O)C1OC1OC(CO)C(O)C(O)C1O)C(O)CO. The maximum atomic E-state index is 10.6. The fourth-order valence-electron chi connectivity index (χ4n) is 3.63. The molecule has 16 heteroatoms. The molecule has 2 fully saturated rings. The number of hydrogen-bond donors (Lipinski definition) is 12. The molecule has 16 nitrogen and oxygen atoms in total. The summed E-state index contributed by atoms with van der Waals surface area (Å²) in [6.45, 7) is -3.57. The Morgan fingerprint density at radius 3 is 1.62 bits per heavy atom. The minimum absolute atomic E-state index is 0.792. The normalized spacial score (nSPS) is 42.7. The van der Waals surface area contributed by atoms with E-state index in [-0.39, 0.29) is 0 Å². The van der Waals surface area contributed by atoms with Crippen molar-refractivity contribution in [2.75, 3.05) is 26.4 Å². The number of aliphatic hydroxyl groups excluding tert-OH is 12. The average Bonchev–Trinajstić information content (AvgIpc) is 2.84. The highest BCUT2D eigenvalue weighted by Crippen LogP contribution is 2.31. The Morgan fingerprint density at radius 2 is 1.12 bits per heavy atom. The average molecular weight is 506 g/mol. The molecule has 202 valence electrons. The third kappa shape index (κ3) is 6.37. The van der Waals surface area contributed by atoms with E-state index in [4.69, 9.17) is 24.1 Å². The molecule has 14 unspecified atom stereocenters. The number of hydrogen-bond acceptors (Lipinski definition) is 16. The largest absolute Gasteiger partial charge is 0.394 e. The van der Waals surface area contributed by atoms with Gasteiger partial charge in [0.2, 0.25) is 0 Å². The molecule has 0 saturated carbocycles. The van der Waals surface area contributed by atoms with Crippen molar-refractivity contribution in [2.45, 2.75) is 85.8 Å². The molecule has 0 radical (unpaired) electrons. The zero-order valence-corrected chi connectivity index (χ0v) is 17.9. The molecule has 0 aromatic carbocycles. The smallest absolute Gasteiger partial charge is 0.187 e. The number of rotatable bonds is 11. The Kier molecular flexibility index (Phi) is 11.4. The molecule has 34 heavy (non-hydrogen) atoms. The first kappa shape index (κ1) is 29.6. The summed E-state index contributed by atoms with van der Waals surface area (Å²) >= 11 is 0. The van der Waals surface area contributed by atoms with E-state index < -0.39 is 112 Å². The number of aliphatic hydroxyl groups is 12. The first-order chi connectivity index (χ1) is 16.0. The monoisotopic (exact) mass is 506 g/mol. The van der Waals surface area contributed by atoms with Crippen LogP contribution < -0.4 is 0 Å². The molecule has 2 heterocycles. The Labute approximate surface area is 193 Å². The van der Waals surface area contributed by atoms with Gasteiger partial charge in [-0.05, 0) is 0 Å². The molecule has 2 saturated heterocycles. The highest BCUT2D eigenvalue weighted by molar-refractivity contribution is 4.94. The summed E-state index contributed by atoms with van der Waals surface area (Å²) in [5, 5.41) is 118. The highest BCUT2D eigenvalue weighted by Gasteiger charge is 2.52. The van der Waals surface area contributed by atoms with Crippen LogP contribution in [-0.4, -0.2) is 174 Å². The van der Waals surface area contributed by atoms with Gasteiger partial charge in [0.25, 0.3) is 0 Å². The van der Waals surface area contributed by atoms with Crippen LogP contribution in [0.3, 0.4) is 0 Å². The zero-order valence-electron chi connectivity index (χ0n) is 17.9. The van der Waals surface area contributed by atoms with E-state index in [2.05, 4.69) is 0 Å². The van der Waals surface area contributed by atoms with Crippen molar-refractivity contribution in [3.63, 3.8) is 0 Å². The summed E-state index contributed by atoms with van der Waals surface area (Å²) in [7, 11) is 0. The van der Waals surface area contributed by atoms with E-state index in [9.17, 15) is 56.2 Å². The summed E-state index contributed by atoms with van der Waals surface area (Å²) in [5.41, 5.74) is 0. The highest BCUT2D eigenvalue weighted by atomic mass is 16.8. The van der Waals surface area contributed by atoms with Crippen LogP contribution in [0.4, 0.5) is 0 Å².